The van der Waals surface area contributed by atoms with E-state index in [1.165, 1.54) is 10.8 Å². The van der Waals surface area contributed by atoms with Gasteiger partial charge in [0.2, 0.25) is 0 Å². The lowest BCUT2D eigenvalue weighted by Gasteiger charge is -2.43. The zero-order valence-electron chi connectivity index (χ0n) is 13.2. The van der Waals surface area contributed by atoms with E-state index in [4.69, 9.17) is 0 Å². The van der Waals surface area contributed by atoms with Crippen LogP contribution in [0.4, 0.5) is 0 Å². The van der Waals surface area contributed by atoms with Gasteiger partial charge in [-0.05, 0) is 20.3 Å². The summed E-state index contributed by atoms with van der Waals surface area (Å²) in [6.07, 6.45) is 5.54. The minimum atomic E-state index is -1.08. The minimum Gasteiger partial charge on any atom is -0.387 e. The molecule has 0 unspecified atom stereocenters. The Bertz CT molecular complexity index is 790. The number of aromatic nitrogens is 4. The van der Waals surface area contributed by atoms with Gasteiger partial charge in [0.15, 0.2) is 0 Å². The van der Waals surface area contributed by atoms with Crippen molar-refractivity contribution in [2.45, 2.75) is 38.5 Å². The largest absolute Gasteiger partial charge is 0.387 e. The molecule has 0 amide bonds. The van der Waals surface area contributed by atoms with Crippen LogP contribution in [0.3, 0.4) is 0 Å². The summed E-state index contributed by atoms with van der Waals surface area (Å²) in [6, 6.07) is -0.372. The third-order valence-corrected chi connectivity index (χ3v) is 4.41. The van der Waals surface area contributed by atoms with Crippen LogP contribution in [-0.4, -0.2) is 48.2 Å². The van der Waals surface area contributed by atoms with Crippen molar-refractivity contribution >= 4 is 0 Å². The van der Waals surface area contributed by atoms with Gasteiger partial charge in [0.05, 0.1) is 18.0 Å². The molecule has 3 N–H and O–H groups in total. The zero-order valence-corrected chi connectivity index (χ0v) is 13.2. The lowest BCUT2D eigenvalue weighted by atomic mass is 9.88. The lowest BCUT2D eigenvalue weighted by molar-refractivity contribution is -0.0606. The molecule has 8 heteroatoms. The molecule has 2 aromatic rings. The van der Waals surface area contributed by atoms with E-state index in [9.17, 15) is 14.7 Å². The molecule has 1 aliphatic rings. The van der Waals surface area contributed by atoms with Crippen LogP contribution in [0.1, 0.15) is 30.6 Å². The van der Waals surface area contributed by atoms with Crippen LogP contribution < -0.4 is 11.2 Å². The van der Waals surface area contributed by atoms with Gasteiger partial charge >= 0.3 is 5.69 Å². The van der Waals surface area contributed by atoms with E-state index in [1.54, 1.807) is 26.4 Å². The number of hydrogen-bond acceptors (Lipinski definition) is 5. The van der Waals surface area contributed by atoms with Crippen LogP contribution >= 0.6 is 0 Å². The Kier molecular flexibility index (Phi) is 3.95. The molecule has 3 heterocycles. The number of nitrogens with one attached hydrogen (secondary N) is 2. The van der Waals surface area contributed by atoms with E-state index in [0.717, 1.165) is 12.2 Å². The number of aryl methyl sites for hydroxylation is 1. The molecule has 0 saturated carbocycles. The van der Waals surface area contributed by atoms with Gasteiger partial charge in [0.25, 0.3) is 5.56 Å². The number of aliphatic hydroxyl groups is 1. The molecular weight excluding hydrogens is 298 g/mol. The van der Waals surface area contributed by atoms with Crippen LogP contribution in [-0.2, 0) is 6.54 Å². The summed E-state index contributed by atoms with van der Waals surface area (Å²) in [5.74, 6) is 0. The van der Waals surface area contributed by atoms with Gasteiger partial charge in [0, 0.05) is 43.3 Å². The third-order valence-electron chi connectivity index (χ3n) is 4.41. The Balaban J connectivity index is 1.82. The molecule has 0 radical (unpaired) electrons. The topological polar surface area (TPSA) is 107 Å². The molecule has 8 nitrogen and oxygen atoms in total. The summed E-state index contributed by atoms with van der Waals surface area (Å²) in [6.45, 7) is 5.22. The lowest BCUT2D eigenvalue weighted by Crippen LogP contribution is -2.54. The van der Waals surface area contributed by atoms with Crippen molar-refractivity contribution in [3.05, 3.63) is 50.8 Å². The predicted molar refractivity (Wildman–Crippen MR) is 84.2 cm³/mol. The van der Waals surface area contributed by atoms with Crippen molar-refractivity contribution in [1.82, 2.24) is 24.4 Å². The molecule has 3 rings (SSSR count). The SMILES string of the molecule is Cc1cn([C@H]2CCN(Cc3cnc[nH]3)C[C@]2(C)O)c(=O)[nH]c1=O. The average molecular weight is 319 g/mol. The minimum absolute atomic E-state index is 0.372. The van der Waals surface area contributed by atoms with E-state index < -0.39 is 11.3 Å². The number of rotatable bonds is 3. The number of nitrogens with zero attached hydrogens (tertiary/aromatic N) is 3. The van der Waals surface area contributed by atoms with Crippen LogP contribution in [0.2, 0.25) is 0 Å². The van der Waals surface area contributed by atoms with Gasteiger partial charge in [-0.15, -0.1) is 0 Å². The molecule has 0 bridgehead atoms. The Hall–Kier alpha value is -2.19. The Morgan fingerprint density at radius 3 is 2.91 bits per heavy atom. The summed E-state index contributed by atoms with van der Waals surface area (Å²) in [7, 11) is 0. The van der Waals surface area contributed by atoms with Gasteiger partial charge in [0.1, 0.15) is 0 Å². The monoisotopic (exact) mass is 319 g/mol. The number of imidazole rings is 1. The standard InChI is InChI=1S/C15H21N5O3/c1-10-6-20(14(22)18-13(10)21)12-3-4-19(8-15(12,2)23)7-11-5-16-9-17-11/h5-6,9,12,23H,3-4,7-8H2,1-2H3,(H,16,17)(H,18,21,22)/t12-,15-/m0/s1. The van der Waals surface area contributed by atoms with Gasteiger partial charge in [-0.3, -0.25) is 19.2 Å². The first-order valence-corrected chi connectivity index (χ1v) is 7.61. The van der Waals surface area contributed by atoms with E-state index in [0.29, 0.717) is 25.1 Å². The molecular formula is C15H21N5O3. The molecule has 1 aliphatic heterocycles. The predicted octanol–water partition coefficient (Wildman–Crippen LogP) is -0.234. The van der Waals surface area contributed by atoms with E-state index in [1.807, 2.05) is 0 Å². The van der Waals surface area contributed by atoms with Crippen LogP contribution in [0.15, 0.2) is 28.3 Å². The highest BCUT2D eigenvalue weighted by molar-refractivity contribution is 5.05. The number of H-pyrrole nitrogens is 2. The number of β-amino-alcohol motifs (C(OH)–C–C–N with tert-alkyl or cyclic N) is 1. The number of likely N-dealkylation sites (tertiary alicyclic amines) is 1. The van der Waals surface area contributed by atoms with Crippen LogP contribution in [0.5, 0.6) is 0 Å². The number of piperidine rings is 1. The van der Waals surface area contributed by atoms with Gasteiger partial charge in [-0.25, -0.2) is 9.78 Å². The highest BCUT2D eigenvalue weighted by Crippen LogP contribution is 2.31. The van der Waals surface area contributed by atoms with Gasteiger partial charge in [-0.1, -0.05) is 0 Å². The second kappa shape index (κ2) is 5.78. The second-order valence-electron chi connectivity index (χ2n) is 6.43. The smallest absolute Gasteiger partial charge is 0.328 e. The summed E-state index contributed by atoms with van der Waals surface area (Å²) in [5, 5.41) is 10.9. The number of aromatic amines is 2. The van der Waals surface area contributed by atoms with Crippen molar-refractivity contribution in [1.29, 1.82) is 0 Å². The quantitative estimate of drug-likeness (QED) is 0.724. The number of hydrogen-bond donors (Lipinski definition) is 3. The maximum absolute atomic E-state index is 12.1. The normalized spacial score (nSPS) is 25.6. The molecule has 0 spiro atoms. The van der Waals surface area contributed by atoms with Gasteiger partial charge < -0.3 is 10.1 Å². The molecule has 0 aliphatic carbocycles. The Morgan fingerprint density at radius 2 is 2.26 bits per heavy atom. The first-order valence-electron chi connectivity index (χ1n) is 7.61. The van der Waals surface area contributed by atoms with Crippen molar-refractivity contribution < 1.29 is 5.11 Å². The molecule has 124 valence electrons. The fraction of sp³-hybridized carbons (Fsp3) is 0.533. The second-order valence-corrected chi connectivity index (χ2v) is 6.43. The molecule has 1 fully saturated rings. The average Bonchev–Trinajstić information content (AvgIpc) is 2.95. The molecule has 2 aromatic heterocycles. The fourth-order valence-corrected chi connectivity index (χ4v) is 3.26. The zero-order chi connectivity index (χ0) is 16.6. The van der Waals surface area contributed by atoms with Crippen molar-refractivity contribution in [3.63, 3.8) is 0 Å². The van der Waals surface area contributed by atoms with Gasteiger partial charge in [-0.2, -0.15) is 0 Å². The summed E-state index contributed by atoms with van der Waals surface area (Å²) in [5.41, 5.74) is -0.501. The van der Waals surface area contributed by atoms with E-state index in [-0.39, 0.29) is 11.6 Å². The Labute approximate surface area is 132 Å². The molecule has 1 saturated heterocycles. The highest BCUT2D eigenvalue weighted by atomic mass is 16.3. The summed E-state index contributed by atoms with van der Waals surface area (Å²) in [4.78, 5) is 35.1. The maximum Gasteiger partial charge on any atom is 0.328 e. The van der Waals surface area contributed by atoms with Crippen molar-refractivity contribution in [2.24, 2.45) is 0 Å². The van der Waals surface area contributed by atoms with Crippen LogP contribution in [0, 0.1) is 6.92 Å². The molecule has 0 aromatic carbocycles. The summed E-state index contributed by atoms with van der Waals surface area (Å²) < 4.78 is 1.45. The molecule has 23 heavy (non-hydrogen) atoms. The van der Waals surface area contributed by atoms with Crippen molar-refractivity contribution in [3.8, 4) is 0 Å². The van der Waals surface area contributed by atoms with Crippen molar-refractivity contribution in [2.75, 3.05) is 13.1 Å². The Morgan fingerprint density at radius 1 is 1.48 bits per heavy atom. The maximum atomic E-state index is 12.1. The van der Waals surface area contributed by atoms with Crippen LogP contribution in [0.25, 0.3) is 0 Å². The first kappa shape index (κ1) is 15.7. The molecule has 2 atom stereocenters. The first-order chi connectivity index (χ1) is 10.9. The fourth-order valence-electron chi connectivity index (χ4n) is 3.26. The summed E-state index contributed by atoms with van der Waals surface area (Å²) >= 11 is 0. The van der Waals surface area contributed by atoms with E-state index in [2.05, 4.69) is 19.9 Å². The van der Waals surface area contributed by atoms with E-state index >= 15 is 0 Å². The third kappa shape index (κ3) is 3.13. The highest BCUT2D eigenvalue weighted by Gasteiger charge is 2.39.